The maximum Gasteiger partial charge on any atom is 0.390 e. The Bertz CT molecular complexity index is 343. The Morgan fingerprint density at radius 2 is 1.72 bits per heavy atom. The van der Waals surface area contributed by atoms with Gasteiger partial charge in [0.15, 0.2) is 0 Å². The molecule has 1 atom stereocenters. The SMILES string of the molecule is CCCc1ccc(C(CC(F)(F)F)NCC)cc1. The molecule has 1 nitrogen and oxygen atoms in total. The molecule has 1 aromatic carbocycles. The standard InChI is InChI=1S/C14H20F3N/c1-3-5-11-6-8-12(9-7-11)13(18-4-2)10-14(15,16)17/h6-9,13,18H,3-5,10H2,1-2H3. The molecular weight excluding hydrogens is 239 g/mol. The molecule has 0 bridgehead atoms. The minimum Gasteiger partial charge on any atom is -0.310 e. The van der Waals surface area contributed by atoms with E-state index in [0.717, 1.165) is 12.8 Å². The van der Waals surface area contributed by atoms with E-state index in [1.807, 2.05) is 19.1 Å². The second-order valence-corrected chi connectivity index (χ2v) is 4.42. The van der Waals surface area contributed by atoms with Crippen LogP contribution in [-0.2, 0) is 6.42 Å². The van der Waals surface area contributed by atoms with Gasteiger partial charge in [0.05, 0.1) is 6.42 Å². The molecule has 0 radical (unpaired) electrons. The lowest BCUT2D eigenvalue weighted by molar-refractivity contribution is -0.140. The fourth-order valence-electron chi connectivity index (χ4n) is 1.99. The summed E-state index contributed by atoms with van der Waals surface area (Å²) in [7, 11) is 0. The molecule has 0 fully saturated rings. The van der Waals surface area contributed by atoms with E-state index in [2.05, 4.69) is 12.2 Å². The van der Waals surface area contributed by atoms with Crippen LogP contribution in [0.2, 0.25) is 0 Å². The lowest BCUT2D eigenvalue weighted by atomic mass is 10.0. The number of hydrogen-bond acceptors (Lipinski definition) is 1. The highest BCUT2D eigenvalue weighted by molar-refractivity contribution is 5.25. The molecule has 0 heterocycles. The number of rotatable bonds is 6. The Hall–Kier alpha value is -1.03. The lowest BCUT2D eigenvalue weighted by Gasteiger charge is -2.20. The molecule has 0 aliphatic rings. The van der Waals surface area contributed by atoms with Crippen molar-refractivity contribution < 1.29 is 13.2 Å². The summed E-state index contributed by atoms with van der Waals surface area (Å²) >= 11 is 0. The molecule has 18 heavy (non-hydrogen) atoms. The summed E-state index contributed by atoms with van der Waals surface area (Å²) in [4.78, 5) is 0. The van der Waals surface area contributed by atoms with Crippen molar-refractivity contribution in [1.29, 1.82) is 0 Å². The maximum atomic E-state index is 12.5. The van der Waals surface area contributed by atoms with Crippen molar-refractivity contribution in [3.05, 3.63) is 35.4 Å². The average molecular weight is 259 g/mol. The minimum atomic E-state index is -4.14. The monoisotopic (exact) mass is 259 g/mol. The summed E-state index contributed by atoms with van der Waals surface area (Å²) in [5.41, 5.74) is 1.87. The Morgan fingerprint density at radius 1 is 1.11 bits per heavy atom. The topological polar surface area (TPSA) is 12.0 Å². The van der Waals surface area contributed by atoms with Crippen LogP contribution in [0.3, 0.4) is 0 Å². The van der Waals surface area contributed by atoms with Crippen molar-refractivity contribution in [1.82, 2.24) is 5.32 Å². The summed E-state index contributed by atoms with van der Waals surface area (Å²) in [5.74, 6) is 0. The molecule has 1 aromatic rings. The number of benzene rings is 1. The van der Waals surface area contributed by atoms with Crippen molar-refractivity contribution in [2.45, 2.75) is 45.3 Å². The largest absolute Gasteiger partial charge is 0.390 e. The Morgan fingerprint density at radius 3 is 2.17 bits per heavy atom. The van der Waals surface area contributed by atoms with Crippen molar-refractivity contribution in [2.75, 3.05) is 6.54 Å². The highest BCUT2D eigenvalue weighted by Gasteiger charge is 2.32. The van der Waals surface area contributed by atoms with Gasteiger partial charge in [-0.15, -0.1) is 0 Å². The molecule has 1 N–H and O–H groups in total. The van der Waals surface area contributed by atoms with E-state index in [1.165, 1.54) is 5.56 Å². The smallest absolute Gasteiger partial charge is 0.310 e. The van der Waals surface area contributed by atoms with Crippen molar-refractivity contribution in [2.24, 2.45) is 0 Å². The quantitative estimate of drug-likeness (QED) is 0.805. The zero-order valence-corrected chi connectivity index (χ0v) is 10.8. The lowest BCUT2D eigenvalue weighted by Crippen LogP contribution is -2.26. The third-order valence-electron chi connectivity index (χ3n) is 2.81. The van der Waals surface area contributed by atoms with E-state index in [0.29, 0.717) is 12.1 Å². The van der Waals surface area contributed by atoms with Gasteiger partial charge in [0.25, 0.3) is 0 Å². The molecule has 102 valence electrons. The number of aryl methyl sites for hydroxylation is 1. The second-order valence-electron chi connectivity index (χ2n) is 4.42. The fraction of sp³-hybridized carbons (Fsp3) is 0.571. The van der Waals surface area contributed by atoms with Crippen LogP contribution < -0.4 is 5.32 Å². The number of halogens is 3. The molecule has 0 saturated heterocycles. The molecular formula is C14H20F3N. The van der Waals surface area contributed by atoms with E-state index in [4.69, 9.17) is 0 Å². The van der Waals surface area contributed by atoms with Crippen LogP contribution in [0.25, 0.3) is 0 Å². The summed E-state index contributed by atoms with van der Waals surface area (Å²) < 4.78 is 37.4. The van der Waals surface area contributed by atoms with E-state index < -0.39 is 18.6 Å². The molecule has 0 amide bonds. The molecule has 1 unspecified atom stereocenters. The van der Waals surface area contributed by atoms with E-state index in [-0.39, 0.29) is 0 Å². The molecule has 0 aliphatic carbocycles. The van der Waals surface area contributed by atoms with E-state index >= 15 is 0 Å². The average Bonchev–Trinajstić information content (AvgIpc) is 2.28. The molecule has 1 rings (SSSR count). The van der Waals surface area contributed by atoms with Crippen LogP contribution in [0.15, 0.2) is 24.3 Å². The normalized spacial score (nSPS) is 13.6. The van der Waals surface area contributed by atoms with E-state index in [1.54, 1.807) is 12.1 Å². The predicted molar refractivity (Wildman–Crippen MR) is 67.5 cm³/mol. The summed E-state index contributed by atoms with van der Waals surface area (Å²) in [6.45, 7) is 4.42. The molecule has 4 heteroatoms. The fourth-order valence-corrected chi connectivity index (χ4v) is 1.99. The first-order valence-corrected chi connectivity index (χ1v) is 6.35. The van der Waals surface area contributed by atoms with Gasteiger partial charge in [0.2, 0.25) is 0 Å². The number of hydrogen-bond donors (Lipinski definition) is 1. The minimum absolute atomic E-state index is 0.525. The third-order valence-corrected chi connectivity index (χ3v) is 2.81. The Balaban J connectivity index is 2.78. The van der Waals surface area contributed by atoms with Gasteiger partial charge in [0.1, 0.15) is 0 Å². The first-order valence-electron chi connectivity index (χ1n) is 6.35. The summed E-state index contributed by atoms with van der Waals surface area (Å²) in [5, 5.41) is 2.89. The zero-order chi connectivity index (χ0) is 13.6. The van der Waals surface area contributed by atoms with Gasteiger partial charge >= 0.3 is 6.18 Å². The highest BCUT2D eigenvalue weighted by Crippen LogP contribution is 2.29. The van der Waals surface area contributed by atoms with Gasteiger partial charge in [-0.25, -0.2) is 0 Å². The number of nitrogens with one attached hydrogen (secondary N) is 1. The van der Waals surface area contributed by atoms with Gasteiger partial charge in [-0.2, -0.15) is 13.2 Å². The Kier molecular flexibility index (Phi) is 5.66. The first-order chi connectivity index (χ1) is 8.46. The van der Waals surface area contributed by atoms with Gasteiger partial charge in [-0.3, -0.25) is 0 Å². The van der Waals surface area contributed by atoms with Crippen LogP contribution in [0.4, 0.5) is 13.2 Å². The predicted octanol–water partition coefficient (Wildman–Crippen LogP) is 4.24. The van der Waals surface area contributed by atoms with Crippen molar-refractivity contribution in [3.63, 3.8) is 0 Å². The Labute approximate surface area is 106 Å². The number of alkyl halides is 3. The molecule has 0 aliphatic heterocycles. The van der Waals surface area contributed by atoms with Gasteiger partial charge < -0.3 is 5.32 Å². The van der Waals surface area contributed by atoms with E-state index in [9.17, 15) is 13.2 Å². The van der Waals surface area contributed by atoms with Gasteiger partial charge in [-0.05, 0) is 24.1 Å². The maximum absolute atomic E-state index is 12.5. The van der Waals surface area contributed by atoms with Crippen LogP contribution in [0, 0.1) is 0 Å². The molecule has 0 aromatic heterocycles. The van der Waals surface area contributed by atoms with Crippen molar-refractivity contribution >= 4 is 0 Å². The third kappa shape index (κ3) is 5.08. The van der Waals surface area contributed by atoms with Crippen LogP contribution >= 0.6 is 0 Å². The molecule has 0 saturated carbocycles. The summed E-state index contributed by atoms with van der Waals surface area (Å²) in [6.07, 6.45) is -2.97. The second kappa shape index (κ2) is 6.78. The first kappa shape index (κ1) is 15.0. The molecule has 0 spiro atoms. The van der Waals surface area contributed by atoms with Crippen LogP contribution in [0.1, 0.15) is 43.9 Å². The van der Waals surface area contributed by atoms with Crippen LogP contribution in [-0.4, -0.2) is 12.7 Å². The van der Waals surface area contributed by atoms with Gasteiger partial charge in [-0.1, -0.05) is 44.5 Å². The van der Waals surface area contributed by atoms with Crippen molar-refractivity contribution in [3.8, 4) is 0 Å². The summed E-state index contributed by atoms with van der Waals surface area (Å²) in [6, 6.07) is 6.78. The van der Waals surface area contributed by atoms with Crippen LogP contribution in [0.5, 0.6) is 0 Å². The van der Waals surface area contributed by atoms with Gasteiger partial charge in [0, 0.05) is 6.04 Å². The zero-order valence-electron chi connectivity index (χ0n) is 10.8. The highest BCUT2D eigenvalue weighted by atomic mass is 19.4.